The number of aromatic nitrogens is 2. The van der Waals surface area contributed by atoms with Gasteiger partial charge in [-0.2, -0.15) is 9.78 Å². The SMILES string of the molecule is CC[C@H](C)Oc1c(OC)cc(C=Nn2c(C3CCCCC3)nc3ccc(Br)cc3c2=O)c(Br)c1Br. The third kappa shape index (κ3) is 5.67. The molecule has 2 aromatic carbocycles. The van der Waals surface area contributed by atoms with E-state index in [1.165, 1.54) is 11.1 Å². The van der Waals surface area contributed by atoms with Crippen molar-refractivity contribution < 1.29 is 9.47 Å². The lowest BCUT2D eigenvalue weighted by atomic mass is 9.88. The fourth-order valence-corrected chi connectivity index (χ4v) is 5.54. The number of ether oxygens (including phenoxy) is 2. The van der Waals surface area contributed by atoms with Crippen LogP contribution in [0, 0.1) is 0 Å². The first kappa shape index (κ1) is 26.4. The van der Waals surface area contributed by atoms with Crippen molar-refractivity contribution in [1.29, 1.82) is 0 Å². The van der Waals surface area contributed by atoms with Gasteiger partial charge in [0, 0.05) is 20.4 Å². The third-order valence-corrected chi connectivity index (χ3v) is 9.02. The molecule has 35 heavy (non-hydrogen) atoms. The van der Waals surface area contributed by atoms with Crippen LogP contribution in [0.15, 0.2) is 47.6 Å². The summed E-state index contributed by atoms with van der Waals surface area (Å²) in [5, 5.41) is 5.20. The molecule has 6 nitrogen and oxygen atoms in total. The maximum Gasteiger partial charge on any atom is 0.282 e. The second-order valence-corrected chi connectivity index (χ2v) is 11.3. The number of methoxy groups -OCH3 is 1. The molecule has 0 aliphatic heterocycles. The number of halogens is 3. The maximum absolute atomic E-state index is 13.6. The lowest BCUT2D eigenvalue weighted by Crippen LogP contribution is -2.25. The van der Waals surface area contributed by atoms with Crippen LogP contribution < -0.4 is 15.0 Å². The van der Waals surface area contributed by atoms with Gasteiger partial charge in [0.15, 0.2) is 11.5 Å². The summed E-state index contributed by atoms with van der Waals surface area (Å²) in [5.41, 5.74) is 1.27. The van der Waals surface area contributed by atoms with E-state index in [9.17, 15) is 4.79 Å². The summed E-state index contributed by atoms with van der Waals surface area (Å²) >= 11 is 10.8. The molecule has 4 rings (SSSR count). The molecule has 186 valence electrons. The minimum absolute atomic E-state index is 0.0336. The third-order valence-electron chi connectivity index (χ3n) is 6.39. The average molecular weight is 670 g/mol. The van der Waals surface area contributed by atoms with Crippen LogP contribution in [0.1, 0.15) is 69.7 Å². The molecule has 0 radical (unpaired) electrons. The number of nitrogens with zero attached hydrogens (tertiary/aromatic N) is 3. The Labute approximate surface area is 230 Å². The highest BCUT2D eigenvalue weighted by atomic mass is 79.9. The van der Waals surface area contributed by atoms with E-state index in [1.54, 1.807) is 19.4 Å². The van der Waals surface area contributed by atoms with Crippen LogP contribution in [-0.2, 0) is 0 Å². The molecule has 1 fully saturated rings. The summed E-state index contributed by atoms with van der Waals surface area (Å²) in [4.78, 5) is 18.5. The molecular weight excluding hydrogens is 642 g/mol. The zero-order valence-electron chi connectivity index (χ0n) is 20.0. The van der Waals surface area contributed by atoms with E-state index in [0.717, 1.165) is 56.9 Å². The van der Waals surface area contributed by atoms with Crippen LogP contribution in [0.3, 0.4) is 0 Å². The van der Waals surface area contributed by atoms with Crippen LogP contribution in [0.5, 0.6) is 11.5 Å². The zero-order chi connectivity index (χ0) is 25.1. The molecule has 0 saturated heterocycles. The molecule has 9 heteroatoms. The second-order valence-electron chi connectivity index (χ2n) is 8.79. The van der Waals surface area contributed by atoms with Gasteiger partial charge in [0.25, 0.3) is 5.56 Å². The van der Waals surface area contributed by atoms with Crippen LogP contribution in [0.2, 0.25) is 0 Å². The summed E-state index contributed by atoms with van der Waals surface area (Å²) in [6.45, 7) is 4.08. The number of hydrogen-bond acceptors (Lipinski definition) is 5. The molecule has 0 amide bonds. The van der Waals surface area contributed by atoms with E-state index in [4.69, 9.17) is 14.5 Å². The molecule has 0 unspecified atom stereocenters. The van der Waals surface area contributed by atoms with Gasteiger partial charge >= 0.3 is 0 Å². The van der Waals surface area contributed by atoms with Crippen LogP contribution in [-0.4, -0.2) is 29.1 Å². The van der Waals surface area contributed by atoms with Gasteiger partial charge in [-0.05, 0) is 82.3 Å². The average Bonchev–Trinajstić information content (AvgIpc) is 2.87. The molecule has 1 heterocycles. The fourth-order valence-electron chi connectivity index (χ4n) is 4.27. The first-order valence-electron chi connectivity index (χ1n) is 11.8. The lowest BCUT2D eigenvalue weighted by molar-refractivity contribution is 0.206. The molecular formula is C26H28Br3N3O3. The number of fused-ring (bicyclic) bond motifs is 1. The van der Waals surface area contributed by atoms with Crippen molar-refractivity contribution in [2.45, 2.75) is 64.4 Å². The van der Waals surface area contributed by atoms with Crippen LogP contribution in [0.4, 0.5) is 0 Å². The van der Waals surface area contributed by atoms with Gasteiger partial charge in [-0.15, -0.1) is 0 Å². The number of hydrogen-bond donors (Lipinski definition) is 0. The van der Waals surface area contributed by atoms with Crippen molar-refractivity contribution in [1.82, 2.24) is 9.66 Å². The van der Waals surface area contributed by atoms with Crippen LogP contribution in [0.25, 0.3) is 10.9 Å². The van der Waals surface area contributed by atoms with Gasteiger partial charge in [0.1, 0.15) is 5.82 Å². The quantitative estimate of drug-likeness (QED) is 0.241. The van der Waals surface area contributed by atoms with E-state index in [2.05, 4.69) is 59.8 Å². The smallest absolute Gasteiger partial charge is 0.282 e. The summed E-state index contributed by atoms with van der Waals surface area (Å²) in [5.74, 6) is 2.14. The van der Waals surface area contributed by atoms with Crippen molar-refractivity contribution in [3.8, 4) is 11.5 Å². The van der Waals surface area contributed by atoms with Crippen molar-refractivity contribution >= 4 is 64.9 Å². The molecule has 1 aromatic heterocycles. The summed E-state index contributed by atoms with van der Waals surface area (Å²) in [6.07, 6.45) is 8.08. The first-order chi connectivity index (χ1) is 16.8. The predicted octanol–water partition coefficient (Wildman–Crippen LogP) is 7.80. The van der Waals surface area contributed by atoms with Gasteiger partial charge in [0.05, 0.1) is 34.8 Å². The second kappa shape index (κ2) is 11.6. The van der Waals surface area contributed by atoms with E-state index in [-0.39, 0.29) is 17.6 Å². The molecule has 0 N–H and O–H groups in total. The highest BCUT2D eigenvalue weighted by Crippen LogP contribution is 2.43. The monoisotopic (exact) mass is 667 g/mol. The minimum atomic E-state index is -0.174. The van der Waals surface area contributed by atoms with Crippen molar-refractivity contribution in [3.05, 3.63) is 59.4 Å². The Morgan fingerprint density at radius 1 is 1.17 bits per heavy atom. The van der Waals surface area contributed by atoms with Gasteiger partial charge in [0.2, 0.25) is 0 Å². The van der Waals surface area contributed by atoms with Gasteiger partial charge in [-0.25, -0.2) is 4.98 Å². The lowest BCUT2D eigenvalue weighted by Gasteiger charge is -2.23. The summed E-state index contributed by atoms with van der Waals surface area (Å²) in [6, 6.07) is 7.46. The van der Waals surface area contributed by atoms with E-state index >= 15 is 0 Å². The first-order valence-corrected chi connectivity index (χ1v) is 14.2. The Morgan fingerprint density at radius 2 is 1.91 bits per heavy atom. The summed E-state index contributed by atoms with van der Waals surface area (Å²) in [7, 11) is 1.61. The van der Waals surface area contributed by atoms with Gasteiger partial charge in [-0.1, -0.05) is 42.1 Å². The summed E-state index contributed by atoms with van der Waals surface area (Å²) < 4.78 is 15.5. The topological polar surface area (TPSA) is 65.7 Å². The normalized spacial score (nSPS) is 15.6. The van der Waals surface area contributed by atoms with Crippen molar-refractivity contribution in [2.24, 2.45) is 5.10 Å². The van der Waals surface area contributed by atoms with Gasteiger partial charge in [-0.3, -0.25) is 4.79 Å². The molecule has 1 saturated carbocycles. The standard InChI is InChI=1S/C26H28Br3N3O3/c1-4-15(2)35-24-21(34-3)12-17(22(28)23(24)29)14-30-32-25(16-8-6-5-7-9-16)31-20-11-10-18(27)13-19(20)26(32)33/h10-16H,4-9H2,1-3H3/t15-/m0/s1. The Bertz CT molecular complexity index is 1320. The predicted molar refractivity (Wildman–Crippen MR) is 151 cm³/mol. The number of rotatable bonds is 7. The van der Waals surface area contributed by atoms with E-state index in [0.29, 0.717) is 22.4 Å². The molecule has 1 aliphatic rings. The Kier molecular flexibility index (Phi) is 8.71. The molecule has 0 bridgehead atoms. The highest BCUT2D eigenvalue weighted by molar-refractivity contribution is 9.13. The van der Waals surface area contributed by atoms with Gasteiger partial charge < -0.3 is 9.47 Å². The van der Waals surface area contributed by atoms with Crippen molar-refractivity contribution in [2.75, 3.05) is 7.11 Å². The molecule has 0 spiro atoms. The minimum Gasteiger partial charge on any atom is -0.493 e. The molecule has 1 atom stereocenters. The van der Waals surface area contributed by atoms with E-state index in [1.807, 2.05) is 25.1 Å². The zero-order valence-corrected chi connectivity index (χ0v) is 24.7. The van der Waals surface area contributed by atoms with Crippen molar-refractivity contribution in [3.63, 3.8) is 0 Å². The highest BCUT2D eigenvalue weighted by Gasteiger charge is 2.23. The largest absolute Gasteiger partial charge is 0.493 e. The number of benzene rings is 2. The van der Waals surface area contributed by atoms with E-state index < -0.39 is 0 Å². The Balaban J connectivity index is 1.83. The fraction of sp³-hybridized carbons (Fsp3) is 0.423. The molecule has 1 aliphatic carbocycles. The molecule has 3 aromatic rings. The Morgan fingerprint density at radius 3 is 2.60 bits per heavy atom. The Hall–Kier alpha value is -1.71. The maximum atomic E-state index is 13.6. The van der Waals surface area contributed by atoms with Crippen LogP contribution >= 0.6 is 47.8 Å².